The summed E-state index contributed by atoms with van der Waals surface area (Å²) in [7, 11) is 2.04. The van der Waals surface area contributed by atoms with Crippen molar-refractivity contribution in [1.82, 2.24) is 10.3 Å². The normalized spacial score (nSPS) is 24.1. The molecule has 0 amide bonds. The third-order valence-electron chi connectivity index (χ3n) is 3.63. The first-order valence-electron chi connectivity index (χ1n) is 6.50. The first-order chi connectivity index (χ1) is 8.35. The Hall–Kier alpha value is -1.29. The Morgan fingerprint density at radius 3 is 2.88 bits per heavy atom. The fraction of sp³-hybridized carbons (Fsp3) is 0.615. The molecule has 2 heterocycles. The van der Waals surface area contributed by atoms with Crippen molar-refractivity contribution >= 4 is 11.5 Å². The number of aromatic nitrogens is 1. The van der Waals surface area contributed by atoms with E-state index in [0.29, 0.717) is 12.1 Å². The molecule has 4 heteroatoms. The van der Waals surface area contributed by atoms with Crippen LogP contribution in [0.15, 0.2) is 18.3 Å². The minimum absolute atomic E-state index is 0.628. The summed E-state index contributed by atoms with van der Waals surface area (Å²) < 4.78 is 0. The number of nitrogens with zero attached hydrogens (tertiary/aromatic N) is 2. The molecule has 1 aliphatic heterocycles. The van der Waals surface area contributed by atoms with E-state index >= 15 is 0 Å². The minimum atomic E-state index is 0.628. The van der Waals surface area contributed by atoms with Crippen molar-refractivity contribution in [2.24, 2.45) is 0 Å². The molecule has 2 fully saturated rings. The summed E-state index contributed by atoms with van der Waals surface area (Å²) >= 11 is 0. The van der Waals surface area contributed by atoms with Gasteiger partial charge in [-0.15, -0.1) is 0 Å². The highest BCUT2D eigenvalue weighted by atomic mass is 15.2. The van der Waals surface area contributed by atoms with Crippen LogP contribution in [0.25, 0.3) is 0 Å². The van der Waals surface area contributed by atoms with Gasteiger partial charge in [-0.3, -0.25) is 0 Å². The van der Waals surface area contributed by atoms with Gasteiger partial charge in [-0.25, -0.2) is 4.98 Å². The van der Waals surface area contributed by atoms with E-state index in [1.165, 1.54) is 24.9 Å². The number of likely N-dealkylation sites (N-methyl/N-ethyl adjacent to an activating group) is 1. The second-order valence-electron chi connectivity index (χ2n) is 5.04. The summed E-state index contributed by atoms with van der Waals surface area (Å²) in [5.74, 6) is 1.03. The van der Waals surface area contributed by atoms with Crippen LogP contribution in [0.3, 0.4) is 0 Å². The van der Waals surface area contributed by atoms with Crippen LogP contribution in [0.1, 0.15) is 19.3 Å². The molecule has 1 aliphatic carbocycles. The minimum Gasteiger partial charge on any atom is -0.370 e. The Morgan fingerprint density at radius 1 is 1.29 bits per heavy atom. The topological polar surface area (TPSA) is 40.2 Å². The zero-order valence-electron chi connectivity index (χ0n) is 10.3. The lowest BCUT2D eigenvalue weighted by Gasteiger charge is -2.19. The summed E-state index contributed by atoms with van der Waals surface area (Å²) in [6.07, 6.45) is 5.71. The van der Waals surface area contributed by atoms with Gasteiger partial charge in [0.1, 0.15) is 5.82 Å². The summed E-state index contributed by atoms with van der Waals surface area (Å²) in [4.78, 5) is 6.81. The lowest BCUT2D eigenvalue weighted by molar-refractivity contribution is 0.617. The Morgan fingerprint density at radius 2 is 2.18 bits per heavy atom. The fourth-order valence-electron chi connectivity index (χ4n) is 2.36. The molecule has 3 rings (SSSR count). The average Bonchev–Trinajstić information content (AvgIpc) is 3.04. The van der Waals surface area contributed by atoms with Crippen LogP contribution in [-0.4, -0.2) is 37.2 Å². The lowest BCUT2D eigenvalue weighted by atomic mass is 10.3. The van der Waals surface area contributed by atoms with Gasteiger partial charge in [-0.2, -0.15) is 0 Å². The number of nitrogens with one attached hydrogen (secondary N) is 2. The third kappa shape index (κ3) is 2.52. The molecule has 1 saturated carbocycles. The molecule has 1 atom stereocenters. The van der Waals surface area contributed by atoms with Gasteiger partial charge >= 0.3 is 0 Å². The number of hydrogen-bond acceptors (Lipinski definition) is 4. The number of hydrogen-bond donors (Lipinski definition) is 2. The van der Waals surface area contributed by atoms with Gasteiger partial charge in [0.25, 0.3) is 0 Å². The smallest absolute Gasteiger partial charge is 0.128 e. The van der Waals surface area contributed by atoms with Gasteiger partial charge in [-0.1, -0.05) is 0 Å². The van der Waals surface area contributed by atoms with Crippen LogP contribution in [0.4, 0.5) is 11.5 Å². The fourth-order valence-corrected chi connectivity index (χ4v) is 2.36. The maximum atomic E-state index is 4.38. The highest BCUT2D eigenvalue weighted by Crippen LogP contribution is 2.26. The van der Waals surface area contributed by atoms with E-state index < -0.39 is 0 Å². The predicted octanol–water partition coefficient (Wildman–Crippen LogP) is 1.45. The zero-order chi connectivity index (χ0) is 11.7. The van der Waals surface area contributed by atoms with Gasteiger partial charge in [-0.05, 0) is 32.4 Å². The number of pyridine rings is 1. The molecule has 0 radical (unpaired) electrons. The second-order valence-corrected chi connectivity index (χ2v) is 5.04. The van der Waals surface area contributed by atoms with Crippen molar-refractivity contribution in [3.63, 3.8) is 0 Å². The molecule has 2 aliphatic rings. The standard InChI is InChI=1S/C13H20N4/c1-14-11-5-7-17(9-11)12-4-6-15-13(8-12)16-10-2-3-10/h4,6,8,10-11,14H,2-3,5,7,9H2,1H3,(H,15,16)/t11-/m0/s1. The van der Waals surface area contributed by atoms with Gasteiger partial charge in [0.05, 0.1) is 0 Å². The molecular formula is C13H20N4. The molecule has 0 unspecified atom stereocenters. The van der Waals surface area contributed by atoms with Crippen molar-refractivity contribution < 1.29 is 0 Å². The van der Waals surface area contributed by atoms with Crippen LogP contribution >= 0.6 is 0 Å². The molecule has 92 valence electrons. The first-order valence-corrected chi connectivity index (χ1v) is 6.50. The molecule has 1 aromatic rings. The average molecular weight is 232 g/mol. The van der Waals surface area contributed by atoms with Crippen molar-refractivity contribution in [3.8, 4) is 0 Å². The Bertz CT molecular complexity index is 389. The van der Waals surface area contributed by atoms with Crippen LogP contribution < -0.4 is 15.5 Å². The van der Waals surface area contributed by atoms with Crippen molar-refractivity contribution in [2.45, 2.75) is 31.3 Å². The van der Waals surface area contributed by atoms with Crippen molar-refractivity contribution in [2.75, 3.05) is 30.4 Å². The predicted molar refractivity (Wildman–Crippen MR) is 70.6 cm³/mol. The van der Waals surface area contributed by atoms with E-state index in [1.807, 2.05) is 13.2 Å². The Balaban J connectivity index is 1.69. The maximum absolute atomic E-state index is 4.38. The second kappa shape index (κ2) is 4.53. The van der Waals surface area contributed by atoms with Gasteiger partial charge in [0.15, 0.2) is 0 Å². The first kappa shape index (κ1) is 10.8. The maximum Gasteiger partial charge on any atom is 0.128 e. The lowest BCUT2D eigenvalue weighted by Crippen LogP contribution is -2.29. The van der Waals surface area contributed by atoms with Gasteiger partial charge in [0.2, 0.25) is 0 Å². The van der Waals surface area contributed by atoms with Gasteiger partial charge in [0, 0.05) is 43.1 Å². The zero-order valence-corrected chi connectivity index (χ0v) is 10.3. The molecule has 0 bridgehead atoms. The van der Waals surface area contributed by atoms with E-state index in [-0.39, 0.29) is 0 Å². The Labute approximate surface area is 102 Å². The highest BCUT2D eigenvalue weighted by molar-refractivity contribution is 5.55. The molecule has 2 N–H and O–H groups in total. The van der Waals surface area contributed by atoms with Crippen LogP contribution in [-0.2, 0) is 0 Å². The quantitative estimate of drug-likeness (QED) is 0.824. The van der Waals surface area contributed by atoms with Crippen LogP contribution in [0, 0.1) is 0 Å². The number of rotatable bonds is 4. The van der Waals surface area contributed by atoms with E-state index in [1.54, 1.807) is 0 Å². The Kier molecular flexibility index (Phi) is 2.89. The summed E-state index contributed by atoms with van der Waals surface area (Å²) in [5, 5.41) is 6.80. The molecule has 17 heavy (non-hydrogen) atoms. The summed E-state index contributed by atoms with van der Waals surface area (Å²) in [6.45, 7) is 2.24. The SMILES string of the molecule is CN[C@H]1CCN(c2ccnc(NC3CC3)c2)C1. The van der Waals surface area contributed by atoms with E-state index in [9.17, 15) is 0 Å². The molecule has 1 saturated heterocycles. The van der Waals surface area contributed by atoms with E-state index in [0.717, 1.165) is 18.9 Å². The van der Waals surface area contributed by atoms with E-state index in [4.69, 9.17) is 0 Å². The molecule has 0 aromatic carbocycles. The monoisotopic (exact) mass is 232 g/mol. The summed E-state index contributed by atoms with van der Waals surface area (Å²) in [5.41, 5.74) is 1.29. The summed E-state index contributed by atoms with van der Waals surface area (Å²) in [6, 6.07) is 5.58. The van der Waals surface area contributed by atoms with E-state index in [2.05, 4.69) is 32.7 Å². The van der Waals surface area contributed by atoms with Crippen molar-refractivity contribution in [3.05, 3.63) is 18.3 Å². The molecule has 0 spiro atoms. The van der Waals surface area contributed by atoms with Gasteiger partial charge < -0.3 is 15.5 Å². The molecule has 4 nitrogen and oxygen atoms in total. The van der Waals surface area contributed by atoms with Crippen LogP contribution in [0.2, 0.25) is 0 Å². The largest absolute Gasteiger partial charge is 0.370 e. The molecular weight excluding hydrogens is 212 g/mol. The highest BCUT2D eigenvalue weighted by Gasteiger charge is 2.23. The third-order valence-corrected chi connectivity index (χ3v) is 3.63. The number of anilines is 2. The van der Waals surface area contributed by atoms with Crippen molar-refractivity contribution in [1.29, 1.82) is 0 Å². The van der Waals surface area contributed by atoms with Crippen LogP contribution in [0.5, 0.6) is 0 Å². The molecule has 1 aromatic heterocycles.